The number of methoxy groups -OCH3 is 4. The SMILES string of the molecule is C=CC(=O)C=C(c1cc(OC)cc(Br)c1OC)c1cc(OC)cc(Br)c1OC. The zero-order valence-electron chi connectivity index (χ0n) is 16.0. The van der Waals surface area contributed by atoms with Gasteiger partial charge >= 0.3 is 0 Å². The number of benzene rings is 2. The van der Waals surface area contributed by atoms with Gasteiger partial charge in [-0.15, -0.1) is 0 Å². The lowest BCUT2D eigenvalue weighted by Gasteiger charge is -2.19. The smallest absolute Gasteiger partial charge is 0.178 e. The molecule has 0 radical (unpaired) electrons. The van der Waals surface area contributed by atoms with Crippen molar-refractivity contribution in [1.29, 1.82) is 0 Å². The van der Waals surface area contributed by atoms with Crippen LogP contribution in [0.3, 0.4) is 0 Å². The van der Waals surface area contributed by atoms with E-state index in [1.165, 1.54) is 12.2 Å². The predicted molar refractivity (Wildman–Crippen MR) is 117 cm³/mol. The Balaban J connectivity index is 2.93. The van der Waals surface area contributed by atoms with Crippen LogP contribution in [0.2, 0.25) is 0 Å². The van der Waals surface area contributed by atoms with Gasteiger partial charge in [0.15, 0.2) is 5.78 Å². The third-order valence-corrected chi connectivity index (χ3v) is 5.16. The van der Waals surface area contributed by atoms with E-state index in [1.54, 1.807) is 52.7 Å². The molecule has 0 N–H and O–H groups in total. The summed E-state index contributed by atoms with van der Waals surface area (Å²) in [6.07, 6.45) is 2.71. The van der Waals surface area contributed by atoms with E-state index in [1.807, 2.05) is 0 Å². The van der Waals surface area contributed by atoms with Crippen molar-refractivity contribution in [1.82, 2.24) is 0 Å². The molecule has 0 aliphatic carbocycles. The van der Waals surface area contributed by atoms with Crippen molar-refractivity contribution in [3.8, 4) is 23.0 Å². The number of rotatable bonds is 8. The molecule has 0 bridgehead atoms. The summed E-state index contributed by atoms with van der Waals surface area (Å²) in [6.45, 7) is 3.56. The number of halogens is 2. The number of carbonyl (C=O) groups excluding carboxylic acids is 1. The van der Waals surface area contributed by atoms with Crippen molar-refractivity contribution in [2.45, 2.75) is 0 Å². The Morgan fingerprint density at radius 3 is 1.57 bits per heavy atom. The summed E-state index contributed by atoms with van der Waals surface area (Å²) in [5.74, 6) is 2.02. The number of carbonyl (C=O) groups is 1. The first-order valence-corrected chi connectivity index (χ1v) is 9.70. The molecule has 0 unspecified atom stereocenters. The Morgan fingerprint density at radius 2 is 1.25 bits per heavy atom. The lowest BCUT2D eigenvalue weighted by Crippen LogP contribution is -2.02. The highest BCUT2D eigenvalue weighted by molar-refractivity contribution is 9.11. The van der Waals surface area contributed by atoms with E-state index in [-0.39, 0.29) is 5.78 Å². The van der Waals surface area contributed by atoms with E-state index >= 15 is 0 Å². The first-order valence-electron chi connectivity index (χ1n) is 8.12. The van der Waals surface area contributed by atoms with Crippen LogP contribution in [0.25, 0.3) is 5.57 Å². The van der Waals surface area contributed by atoms with Crippen molar-refractivity contribution in [2.24, 2.45) is 0 Å². The zero-order valence-corrected chi connectivity index (χ0v) is 19.1. The lowest BCUT2D eigenvalue weighted by atomic mass is 9.94. The van der Waals surface area contributed by atoms with Gasteiger partial charge in [-0.2, -0.15) is 0 Å². The van der Waals surface area contributed by atoms with Crippen LogP contribution in [0.1, 0.15) is 11.1 Å². The van der Waals surface area contributed by atoms with Crippen LogP contribution in [0.15, 0.2) is 51.9 Å². The summed E-state index contributed by atoms with van der Waals surface area (Å²) in [5.41, 5.74) is 1.85. The zero-order chi connectivity index (χ0) is 20.8. The van der Waals surface area contributed by atoms with Gasteiger partial charge in [0.1, 0.15) is 23.0 Å². The van der Waals surface area contributed by atoms with Gasteiger partial charge in [0, 0.05) is 16.7 Å². The number of hydrogen-bond acceptors (Lipinski definition) is 5. The van der Waals surface area contributed by atoms with E-state index in [9.17, 15) is 4.79 Å². The largest absolute Gasteiger partial charge is 0.497 e. The van der Waals surface area contributed by atoms with Crippen LogP contribution in [0.4, 0.5) is 0 Å². The van der Waals surface area contributed by atoms with Gasteiger partial charge in [-0.1, -0.05) is 6.58 Å². The predicted octanol–water partition coefficient (Wildman–Crippen LogP) is 5.43. The molecular formula is C21H20Br2O5. The van der Waals surface area contributed by atoms with Crippen LogP contribution < -0.4 is 18.9 Å². The summed E-state index contributed by atoms with van der Waals surface area (Å²) in [7, 11) is 6.25. The average Bonchev–Trinajstić information content (AvgIpc) is 2.70. The molecule has 0 aliphatic rings. The van der Waals surface area contributed by atoms with Gasteiger partial charge in [-0.3, -0.25) is 4.79 Å². The van der Waals surface area contributed by atoms with Crippen LogP contribution in [0.5, 0.6) is 23.0 Å². The van der Waals surface area contributed by atoms with E-state index in [0.717, 1.165) is 0 Å². The van der Waals surface area contributed by atoms with Gasteiger partial charge < -0.3 is 18.9 Å². The first-order chi connectivity index (χ1) is 13.4. The minimum Gasteiger partial charge on any atom is -0.497 e. The number of ketones is 1. The molecule has 0 saturated carbocycles. The fraction of sp³-hybridized carbons (Fsp3) is 0.190. The van der Waals surface area contributed by atoms with Crippen molar-refractivity contribution >= 4 is 43.2 Å². The molecule has 0 aromatic heterocycles. The molecule has 0 atom stereocenters. The highest BCUT2D eigenvalue weighted by atomic mass is 79.9. The highest BCUT2D eigenvalue weighted by Crippen LogP contribution is 2.45. The third kappa shape index (κ3) is 4.59. The van der Waals surface area contributed by atoms with Gasteiger partial charge in [0.25, 0.3) is 0 Å². The molecule has 0 heterocycles. The first kappa shape index (κ1) is 22.0. The maximum atomic E-state index is 12.3. The van der Waals surface area contributed by atoms with Gasteiger partial charge in [0.05, 0.1) is 37.4 Å². The Morgan fingerprint density at radius 1 is 0.821 bits per heavy atom. The van der Waals surface area contributed by atoms with E-state index in [4.69, 9.17) is 18.9 Å². The Bertz CT molecular complexity index is 871. The van der Waals surface area contributed by atoms with Crippen molar-refractivity contribution in [2.75, 3.05) is 28.4 Å². The summed E-state index contributed by atoms with van der Waals surface area (Å²) in [5, 5.41) is 0. The molecule has 0 amide bonds. The summed E-state index contributed by atoms with van der Waals surface area (Å²) >= 11 is 7.00. The fourth-order valence-electron chi connectivity index (χ4n) is 2.69. The summed E-state index contributed by atoms with van der Waals surface area (Å²) < 4.78 is 23.3. The number of hydrogen-bond donors (Lipinski definition) is 0. The maximum Gasteiger partial charge on any atom is 0.178 e. The molecular weight excluding hydrogens is 492 g/mol. The molecule has 2 rings (SSSR count). The molecule has 2 aromatic carbocycles. The molecule has 0 fully saturated rings. The maximum absolute atomic E-state index is 12.3. The fourth-order valence-corrected chi connectivity index (χ4v) is 3.89. The summed E-state index contributed by atoms with van der Waals surface area (Å²) in [6, 6.07) is 7.15. The van der Waals surface area contributed by atoms with E-state index < -0.39 is 0 Å². The monoisotopic (exact) mass is 510 g/mol. The lowest BCUT2D eigenvalue weighted by molar-refractivity contribution is -0.110. The Labute approximate surface area is 181 Å². The number of allylic oxidation sites excluding steroid dienone is 2. The van der Waals surface area contributed by atoms with Crippen LogP contribution >= 0.6 is 31.9 Å². The number of ether oxygens (including phenoxy) is 4. The molecule has 0 saturated heterocycles. The Hall–Kier alpha value is -2.25. The Kier molecular flexibility index (Phi) is 7.71. The second-order valence-corrected chi connectivity index (χ2v) is 7.25. The van der Waals surface area contributed by atoms with Crippen LogP contribution in [-0.2, 0) is 4.79 Å². The van der Waals surface area contributed by atoms with E-state index in [0.29, 0.717) is 48.6 Å². The van der Waals surface area contributed by atoms with Crippen molar-refractivity contribution < 1.29 is 23.7 Å². The average molecular weight is 512 g/mol. The van der Waals surface area contributed by atoms with Gasteiger partial charge in [-0.05, 0) is 68.3 Å². The molecule has 5 nitrogen and oxygen atoms in total. The molecule has 0 spiro atoms. The minimum absolute atomic E-state index is 0.267. The normalized spacial score (nSPS) is 10.1. The van der Waals surface area contributed by atoms with Crippen LogP contribution in [0, 0.1) is 0 Å². The van der Waals surface area contributed by atoms with Crippen molar-refractivity contribution in [3.05, 3.63) is 63.1 Å². The third-order valence-electron chi connectivity index (χ3n) is 3.98. The molecule has 28 heavy (non-hydrogen) atoms. The van der Waals surface area contributed by atoms with Gasteiger partial charge in [-0.25, -0.2) is 0 Å². The standard InChI is InChI=1S/C21H20Br2O5/c1-6-12(24)7-15(16-8-13(25-2)10-18(22)20(16)27-4)17-9-14(26-3)11-19(23)21(17)28-5/h6-11H,1H2,2-5H3. The second kappa shape index (κ2) is 9.80. The van der Waals surface area contributed by atoms with Crippen molar-refractivity contribution in [3.63, 3.8) is 0 Å². The van der Waals surface area contributed by atoms with Gasteiger partial charge in [0.2, 0.25) is 0 Å². The quantitative estimate of drug-likeness (QED) is 0.442. The topological polar surface area (TPSA) is 54.0 Å². The second-order valence-electron chi connectivity index (χ2n) is 5.54. The minimum atomic E-state index is -0.267. The molecule has 2 aromatic rings. The molecule has 7 heteroatoms. The molecule has 0 aliphatic heterocycles. The highest BCUT2D eigenvalue weighted by Gasteiger charge is 2.22. The molecule has 148 valence electrons. The van der Waals surface area contributed by atoms with E-state index in [2.05, 4.69) is 38.4 Å². The summed E-state index contributed by atoms with van der Waals surface area (Å²) in [4.78, 5) is 12.3. The van der Waals surface area contributed by atoms with Crippen LogP contribution in [-0.4, -0.2) is 34.2 Å².